The Bertz CT molecular complexity index is 1030. The third-order valence-electron chi connectivity index (χ3n) is 3.57. The lowest BCUT2D eigenvalue weighted by atomic mass is 10.0. The smallest absolute Gasteiger partial charge is 0.313 e. The van der Waals surface area contributed by atoms with E-state index in [2.05, 4.69) is 4.98 Å². The minimum absolute atomic E-state index is 0. The van der Waals surface area contributed by atoms with Crippen LogP contribution < -0.4 is 5.56 Å². The van der Waals surface area contributed by atoms with Gasteiger partial charge in [0.1, 0.15) is 0 Å². The number of carbonyl (C=O) groups is 1. The first kappa shape index (κ1) is 19.2. The van der Waals surface area contributed by atoms with Gasteiger partial charge >= 0.3 is 5.97 Å². The predicted molar refractivity (Wildman–Crippen MR) is 98.6 cm³/mol. The fourth-order valence-electron chi connectivity index (χ4n) is 2.54. The number of hydrogen-bond acceptors (Lipinski definition) is 5. The molecule has 0 saturated carbocycles. The second-order valence-corrected chi connectivity index (χ2v) is 6.18. The van der Waals surface area contributed by atoms with Crippen LogP contribution in [0.25, 0.3) is 22.0 Å². The van der Waals surface area contributed by atoms with Crippen LogP contribution in [0.1, 0.15) is 0 Å². The number of aromatic nitrogens is 1. The SMILES string of the molecule is O.O=C(O)CSc1c(-c2ccccc2)c2cc([N+](=O)[O-])ccc2[nH]c1=O. The van der Waals surface area contributed by atoms with Gasteiger partial charge in [0.05, 0.1) is 15.6 Å². The normalized spacial score (nSPS) is 10.3. The van der Waals surface area contributed by atoms with Crippen molar-refractivity contribution < 1.29 is 20.3 Å². The maximum Gasteiger partial charge on any atom is 0.313 e. The number of non-ortho nitro benzene ring substituents is 1. The summed E-state index contributed by atoms with van der Waals surface area (Å²) in [7, 11) is 0. The van der Waals surface area contributed by atoms with Gasteiger partial charge in [0.2, 0.25) is 0 Å². The van der Waals surface area contributed by atoms with Crippen molar-refractivity contribution in [3.05, 3.63) is 69.0 Å². The van der Waals surface area contributed by atoms with Crippen LogP contribution in [0, 0.1) is 10.1 Å². The Morgan fingerprint density at radius 2 is 1.88 bits per heavy atom. The van der Waals surface area contributed by atoms with Gasteiger partial charge in [-0.1, -0.05) is 30.3 Å². The molecule has 0 fully saturated rings. The molecule has 134 valence electrons. The lowest BCUT2D eigenvalue weighted by Gasteiger charge is -2.12. The molecule has 0 saturated heterocycles. The van der Waals surface area contributed by atoms with Gasteiger partial charge < -0.3 is 15.6 Å². The number of rotatable bonds is 5. The molecule has 0 aliphatic rings. The van der Waals surface area contributed by atoms with Gasteiger partial charge in [0.25, 0.3) is 11.2 Å². The molecule has 0 radical (unpaired) electrons. The Labute approximate surface area is 150 Å². The van der Waals surface area contributed by atoms with Crippen LogP contribution in [-0.4, -0.2) is 32.2 Å². The van der Waals surface area contributed by atoms with Crippen molar-refractivity contribution in [2.75, 3.05) is 5.75 Å². The molecule has 3 aromatic rings. The van der Waals surface area contributed by atoms with E-state index < -0.39 is 16.5 Å². The van der Waals surface area contributed by atoms with Crippen molar-refractivity contribution in [1.29, 1.82) is 0 Å². The summed E-state index contributed by atoms with van der Waals surface area (Å²) >= 11 is 0.893. The molecule has 0 unspecified atom stereocenters. The fourth-order valence-corrected chi connectivity index (χ4v) is 3.36. The highest BCUT2D eigenvalue weighted by molar-refractivity contribution is 8.00. The Balaban J connectivity index is 0.00000243. The molecular weight excluding hydrogens is 360 g/mol. The van der Waals surface area contributed by atoms with E-state index in [1.54, 1.807) is 24.3 Å². The van der Waals surface area contributed by atoms with Crippen molar-refractivity contribution in [3.8, 4) is 11.1 Å². The van der Waals surface area contributed by atoms with E-state index in [0.29, 0.717) is 22.0 Å². The number of hydrogen-bond donors (Lipinski definition) is 2. The van der Waals surface area contributed by atoms with Crippen LogP contribution >= 0.6 is 11.8 Å². The molecule has 0 aliphatic carbocycles. The maximum atomic E-state index is 12.5. The van der Waals surface area contributed by atoms with Crippen molar-refractivity contribution in [2.45, 2.75) is 4.90 Å². The zero-order valence-electron chi connectivity index (χ0n) is 13.3. The average Bonchev–Trinajstić information content (AvgIpc) is 2.59. The average molecular weight is 374 g/mol. The van der Waals surface area contributed by atoms with E-state index in [4.69, 9.17) is 5.11 Å². The summed E-state index contributed by atoms with van der Waals surface area (Å²) in [5.74, 6) is -1.34. The van der Waals surface area contributed by atoms with E-state index in [1.165, 1.54) is 18.2 Å². The first-order chi connectivity index (χ1) is 12.0. The zero-order chi connectivity index (χ0) is 18.0. The second-order valence-electron chi connectivity index (χ2n) is 5.19. The molecule has 1 heterocycles. The summed E-state index contributed by atoms with van der Waals surface area (Å²) in [5.41, 5.74) is 1.10. The topological polar surface area (TPSA) is 145 Å². The highest BCUT2D eigenvalue weighted by atomic mass is 32.2. The summed E-state index contributed by atoms with van der Waals surface area (Å²) < 4.78 is 0. The maximum absolute atomic E-state index is 12.5. The molecular formula is C17H14N2O6S. The highest BCUT2D eigenvalue weighted by Crippen LogP contribution is 2.35. The highest BCUT2D eigenvalue weighted by Gasteiger charge is 2.18. The van der Waals surface area contributed by atoms with Crippen LogP contribution in [0.3, 0.4) is 0 Å². The van der Waals surface area contributed by atoms with E-state index >= 15 is 0 Å². The van der Waals surface area contributed by atoms with Gasteiger partial charge in [0, 0.05) is 28.6 Å². The van der Waals surface area contributed by atoms with Crippen LogP contribution in [0.2, 0.25) is 0 Å². The number of carboxylic acid groups (broad SMARTS) is 1. The van der Waals surface area contributed by atoms with Crippen molar-refractivity contribution in [1.82, 2.24) is 4.98 Å². The van der Waals surface area contributed by atoms with Gasteiger partial charge in [-0.2, -0.15) is 0 Å². The first-order valence-corrected chi connectivity index (χ1v) is 8.20. The number of pyridine rings is 1. The molecule has 4 N–H and O–H groups in total. The molecule has 9 heteroatoms. The lowest BCUT2D eigenvalue weighted by Crippen LogP contribution is -2.12. The van der Waals surface area contributed by atoms with Crippen LogP contribution in [-0.2, 0) is 4.79 Å². The van der Waals surface area contributed by atoms with Gasteiger partial charge in [-0.3, -0.25) is 19.7 Å². The van der Waals surface area contributed by atoms with Gasteiger partial charge in [-0.05, 0) is 11.6 Å². The molecule has 0 spiro atoms. The molecule has 8 nitrogen and oxygen atoms in total. The number of carboxylic acids is 1. The molecule has 3 rings (SSSR count). The number of nitrogens with zero attached hydrogens (tertiary/aromatic N) is 1. The number of aliphatic carboxylic acids is 1. The third kappa shape index (κ3) is 3.73. The van der Waals surface area contributed by atoms with E-state index in [0.717, 1.165) is 11.8 Å². The number of H-pyrrole nitrogens is 1. The molecule has 0 amide bonds. The third-order valence-corrected chi connectivity index (χ3v) is 4.64. The fraction of sp³-hybridized carbons (Fsp3) is 0.0588. The summed E-state index contributed by atoms with van der Waals surface area (Å²) in [6.45, 7) is 0. The quantitative estimate of drug-likeness (QED) is 0.398. The van der Waals surface area contributed by atoms with Crippen molar-refractivity contribution >= 4 is 34.3 Å². The van der Waals surface area contributed by atoms with Gasteiger partial charge in [0.15, 0.2) is 0 Å². The number of aromatic amines is 1. The van der Waals surface area contributed by atoms with Crippen LogP contribution in [0.4, 0.5) is 5.69 Å². The van der Waals surface area contributed by atoms with Crippen LogP contribution in [0.15, 0.2) is 58.2 Å². The summed E-state index contributed by atoms with van der Waals surface area (Å²) in [6, 6.07) is 13.1. The van der Waals surface area contributed by atoms with Crippen molar-refractivity contribution in [2.24, 2.45) is 0 Å². The standard InChI is InChI=1S/C17H12N2O5S.H2O/c20-14(21)9-25-16-15(10-4-2-1-3-5-10)12-8-11(19(23)24)6-7-13(12)18-17(16)22;/h1-8H,9H2,(H,18,22)(H,20,21);1H2. The molecule has 2 aromatic carbocycles. The van der Waals surface area contributed by atoms with Crippen LogP contribution in [0.5, 0.6) is 0 Å². The van der Waals surface area contributed by atoms with Gasteiger partial charge in [-0.25, -0.2) is 0 Å². The minimum atomic E-state index is -1.05. The number of fused-ring (bicyclic) bond motifs is 1. The number of benzene rings is 2. The van der Waals surface area contributed by atoms with Crippen molar-refractivity contribution in [3.63, 3.8) is 0 Å². The molecule has 0 aliphatic heterocycles. The number of nitro benzene ring substituents is 1. The first-order valence-electron chi connectivity index (χ1n) is 7.22. The molecule has 0 bridgehead atoms. The Morgan fingerprint density at radius 1 is 1.19 bits per heavy atom. The largest absolute Gasteiger partial charge is 0.481 e. The van der Waals surface area contributed by atoms with E-state index in [-0.39, 0.29) is 21.8 Å². The zero-order valence-corrected chi connectivity index (χ0v) is 14.1. The second kappa shape index (κ2) is 7.81. The van der Waals surface area contributed by atoms with Gasteiger partial charge in [-0.15, -0.1) is 11.8 Å². The summed E-state index contributed by atoms with van der Waals surface area (Å²) in [4.78, 5) is 36.9. The predicted octanol–water partition coefficient (Wildman–Crippen LogP) is 2.46. The Morgan fingerprint density at radius 3 is 2.50 bits per heavy atom. The summed E-state index contributed by atoms with van der Waals surface area (Å²) in [6.07, 6.45) is 0. The number of thioether (sulfide) groups is 1. The molecule has 1 aromatic heterocycles. The number of nitrogens with one attached hydrogen (secondary N) is 1. The molecule has 26 heavy (non-hydrogen) atoms. The minimum Gasteiger partial charge on any atom is -0.481 e. The van der Waals surface area contributed by atoms with E-state index in [1.807, 2.05) is 6.07 Å². The monoisotopic (exact) mass is 374 g/mol. The number of nitro groups is 1. The Kier molecular flexibility index (Phi) is 5.75. The van der Waals surface area contributed by atoms with E-state index in [9.17, 15) is 19.7 Å². The Hall–Kier alpha value is -3.17. The lowest BCUT2D eigenvalue weighted by molar-refractivity contribution is -0.384. The summed E-state index contributed by atoms with van der Waals surface area (Å²) in [5, 5.41) is 20.5. The molecule has 0 atom stereocenters.